The van der Waals surface area contributed by atoms with Crippen LogP contribution in [0.2, 0.25) is 5.02 Å². The van der Waals surface area contributed by atoms with E-state index in [1.807, 2.05) is 73.7 Å². The molecule has 3 aromatic rings. The van der Waals surface area contributed by atoms with Crippen molar-refractivity contribution in [2.24, 2.45) is 0 Å². The molecule has 0 aliphatic carbocycles. The number of thioether (sulfide) groups is 1. The zero-order valence-electron chi connectivity index (χ0n) is 14.9. The van der Waals surface area contributed by atoms with Crippen LogP contribution in [0.25, 0.3) is 0 Å². The molecule has 2 nitrogen and oxygen atoms in total. The van der Waals surface area contributed by atoms with Gasteiger partial charge in [-0.25, -0.2) is 0 Å². The molecule has 5 heteroatoms. The molecule has 0 spiro atoms. The Morgan fingerprint density at radius 2 is 1.59 bits per heavy atom. The molecule has 3 aromatic carbocycles. The van der Waals surface area contributed by atoms with E-state index in [4.69, 9.17) is 11.6 Å². The monoisotopic (exact) mass is 413 g/mol. The van der Waals surface area contributed by atoms with Gasteiger partial charge in [-0.15, -0.1) is 11.8 Å². The lowest BCUT2D eigenvalue weighted by molar-refractivity contribution is -0.115. The lowest BCUT2D eigenvalue weighted by atomic mass is 10.2. The van der Waals surface area contributed by atoms with E-state index in [1.165, 1.54) is 0 Å². The number of hydrogen-bond donors (Lipinski definition) is 1. The molecule has 0 aliphatic heterocycles. The van der Waals surface area contributed by atoms with Gasteiger partial charge in [0.05, 0.1) is 10.9 Å². The minimum absolute atomic E-state index is 0.0126. The zero-order valence-corrected chi connectivity index (χ0v) is 17.3. The number of carbonyl (C=O) groups is 1. The van der Waals surface area contributed by atoms with Crippen LogP contribution in [-0.4, -0.2) is 11.2 Å². The zero-order chi connectivity index (χ0) is 19.1. The first kappa shape index (κ1) is 19.9. The molecular formula is C22H20ClNOS2. The van der Waals surface area contributed by atoms with Crippen LogP contribution in [0.1, 0.15) is 13.3 Å². The van der Waals surface area contributed by atoms with Crippen LogP contribution < -0.4 is 5.32 Å². The third kappa shape index (κ3) is 5.80. The Morgan fingerprint density at radius 3 is 2.30 bits per heavy atom. The van der Waals surface area contributed by atoms with Crippen molar-refractivity contribution >= 4 is 46.7 Å². The summed E-state index contributed by atoms with van der Waals surface area (Å²) in [6.45, 7) is 2.03. The van der Waals surface area contributed by atoms with Crippen LogP contribution in [0.15, 0.2) is 93.5 Å². The maximum Gasteiger partial charge on any atom is 0.237 e. The second-order valence-electron chi connectivity index (χ2n) is 5.87. The predicted octanol–water partition coefficient (Wildman–Crippen LogP) is 7.00. The van der Waals surface area contributed by atoms with Crippen molar-refractivity contribution < 1.29 is 4.79 Å². The molecular weight excluding hydrogens is 394 g/mol. The van der Waals surface area contributed by atoms with Crippen molar-refractivity contribution in [3.8, 4) is 0 Å². The number of benzene rings is 3. The van der Waals surface area contributed by atoms with Gasteiger partial charge < -0.3 is 5.32 Å². The Labute approximate surface area is 173 Å². The average Bonchev–Trinajstić information content (AvgIpc) is 2.70. The van der Waals surface area contributed by atoms with E-state index in [2.05, 4.69) is 17.4 Å². The Balaban J connectivity index is 1.71. The fraction of sp³-hybridized carbons (Fsp3) is 0.136. The fourth-order valence-electron chi connectivity index (χ4n) is 2.49. The van der Waals surface area contributed by atoms with Gasteiger partial charge in [0.2, 0.25) is 5.91 Å². The van der Waals surface area contributed by atoms with E-state index in [0.717, 1.165) is 26.8 Å². The van der Waals surface area contributed by atoms with Crippen molar-refractivity contribution in [1.82, 2.24) is 0 Å². The van der Waals surface area contributed by atoms with Crippen molar-refractivity contribution in [3.05, 3.63) is 83.9 Å². The van der Waals surface area contributed by atoms with Gasteiger partial charge in [-0.1, -0.05) is 60.6 Å². The molecule has 0 bridgehead atoms. The quantitative estimate of drug-likeness (QED) is 0.422. The molecule has 0 aliphatic rings. The fourth-order valence-corrected chi connectivity index (χ4v) is 4.49. The minimum atomic E-state index is -0.166. The number of amides is 1. The molecule has 0 saturated carbocycles. The van der Waals surface area contributed by atoms with E-state index < -0.39 is 0 Å². The lowest BCUT2D eigenvalue weighted by Gasteiger charge is -2.16. The third-order valence-corrected chi connectivity index (χ3v) is 6.58. The second-order valence-corrected chi connectivity index (χ2v) is 8.70. The first-order valence-electron chi connectivity index (χ1n) is 8.70. The summed E-state index contributed by atoms with van der Waals surface area (Å²) >= 11 is 9.15. The molecule has 0 aromatic heterocycles. The van der Waals surface area contributed by atoms with Crippen molar-refractivity contribution in [2.75, 3.05) is 5.32 Å². The molecule has 0 radical (unpaired) electrons. The maximum atomic E-state index is 12.9. The Morgan fingerprint density at radius 1 is 0.926 bits per heavy atom. The summed E-state index contributed by atoms with van der Waals surface area (Å²) < 4.78 is 0. The standard InChI is InChI=1S/C22H20ClNOS2/c1-2-20(26-18-14-12-16(23)13-15-18)22(25)24-19-10-6-7-11-21(19)27-17-8-4-3-5-9-17/h3-15,20H,2H2,1H3,(H,24,25). The van der Waals surface area contributed by atoms with Gasteiger partial charge in [-0.05, 0) is 55.0 Å². The van der Waals surface area contributed by atoms with E-state index in [1.54, 1.807) is 23.5 Å². The van der Waals surface area contributed by atoms with Crippen LogP contribution in [0, 0.1) is 0 Å². The highest BCUT2D eigenvalue weighted by Gasteiger charge is 2.19. The second kappa shape index (κ2) is 9.88. The largest absolute Gasteiger partial charge is 0.324 e. The van der Waals surface area contributed by atoms with Crippen molar-refractivity contribution in [3.63, 3.8) is 0 Å². The maximum absolute atomic E-state index is 12.9. The van der Waals surface area contributed by atoms with Crippen LogP contribution in [0.4, 0.5) is 5.69 Å². The number of halogens is 1. The summed E-state index contributed by atoms with van der Waals surface area (Å²) in [5.41, 5.74) is 0.839. The van der Waals surface area contributed by atoms with Crippen LogP contribution in [-0.2, 0) is 4.79 Å². The van der Waals surface area contributed by atoms with Crippen LogP contribution >= 0.6 is 35.1 Å². The molecule has 1 atom stereocenters. The number of carbonyl (C=O) groups excluding carboxylic acids is 1. The summed E-state index contributed by atoms with van der Waals surface area (Å²) in [5.74, 6) is 0.0126. The Bertz CT molecular complexity index is 884. The summed E-state index contributed by atoms with van der Waals surface area (Å²) in [6.07, 6.45) is 0.743. The van der Waals surface area contributed by atoms with E-state index in [9.17, 15) is 4.79 Å². The summed E-state index contributed by atoms with van der Waals surface area (Å²) in [7, 11) is 0. The number of rotatable bonds is 7. The van der Waals surface area contributed by atoms with E-state index in [0.29, 0.717) is 5.02 Å². The Kier molecular flexibility index (Phi) is 7.27. The number of nitrogens with one attached hydrogen (secondary N) is 1. The average molecular weight is 414 g/mol. The smallest absolute Gasteiger partial charge is 0.237 e. The summed E-state index contributed by atoms with van der Waals surface area (Å²) in [6, 6.07) is 25.6. The number of para-hydroxylation sites is 1. The molecule has 0 fully saturated rings. The molecule has 0 heterocycles. The highest BCUT2D eigenvalue weighted by atomic mass is 35.5. The highest BCUT2D eigenvalue weighted by molar-refractivity contribution is 8.00. The Hall–Kier alpha value is -1.88. The highest BCUT2D eigenvalue weighted by Crippen LogP contribution is 2.34. The first-order chi connectivity index (χ1) is 13.2. The first-order valence-corrected chi connectivity index (χ1v) is 10.8. The molecule has 0 saturated heterocycles. The third-order valence-electron chi connectivity index (χ3n) is 3.87. The van der Waals surface area contributed by atoms with Crippen LogP contribution in [0.5, 0.6) is 0 Å². The van der Waals surface area contributed by atoms with Crippen LogP contribution in [0.3, 0.4) is 0 Å². The van der Waals surface area contributed by atoms with Crippen molar-refractivity contribution in [1.29, 1.82) is 0 Å². The molecule has 27 heavy (non-hydrogen) atoms. The van der Waals surface area contributed by atoms with E-state index >= 15 is 0 Å². The topological polar surface area (TPSA) is 29.1 Å². The van der Waals surface area contributed by atoms with Gasteiger partial charge in [0, 0.05) is 19.7 Å². The van der Waals surface area contributed by atoms with Gasteiger partial charge in [0.1, 0.15) is 0 Å². The predicted molar refractivity (Wildman–Crippen MR) is 117 cm³/mol. The summed E-state index contributed by atoms with van der Waals surface area (Å²) in [4.78, 5) is 16.1. The minimum Gasteiger partial charge on any atom is -0.324 e. The van der Waals surface area contributed by atoms with Gasteiger partial charge in [-0.3, -0.25) is 4.79 Å². The number of anilines is 1. The van der Waals surface area contributed by atoms with E-state index in [-0.39, 0.29) is 11.2 Å². The van der Waals surface area contributed by atoms with Gasteiger partial charge >= 0.3 is 0 Å². The molecule has 1 amide bonds. The van der Waals surface area contributed by atoms with Gasteiger partial charge in [0.25, 0.3) is 0 Å². The molecule has 3 rings (SSSR count). The lowest BCUT2D eigenvalue weighted by Crippen LogP contribution is -2.24. The SMILES string of the molecule is CCC(Sc1ccc(Cl)cc1)C(=O)Nc1ccccc1Sc1ccccc1. The van der Waals surface area contributed by atoms with Gasteiger partial charge in [0.15, 0.2) is 0 Å². The molecule has 1 unspecified atom stereocenters. The van der Waals surface area contributed by atoms with Crippen molar-refractivity contribution in [2.45, 2.75) is 33.3 Å². The number of hydrogen-bond acceptors (Lipinski definition) is 3. The molecule has 138 valence electrons. The summed E-state index contributed by atoms with van der Waals surface area (Å²) in [5, 5.41) is 3.64. The van der Waals surface area contributed by atoms with Gasteiger partial charge in [-0.2, -0.15) is 0 Å². The normalized spacial score (nSPS) is 11.8. The molecule has 1 N–H and O–H groups in total.